The summed E-state index contributed by atoms with van der Waals surface area (Å²) in [6.45, 7) is 0.353. The lowest BCUT2D eigenvalue weighted by Gasteiger charge is -2.11. The molecule has 0 bridgehead atoms. The fraction of sp³-hybridized carbons (Fsp3) is 0.250. The summed E-state index contributed by atoms with van der Waals surface area (Å²) < 4.78 is 15.1. The zero-order chi connectivity index (χ0) is 14.7. The highest BCUT2D eigenvalue weighted by atomic mass is 32.2. The Morgan fingerprint density at radius 1 is 1.45 bits per heavy atom. The van der Waals surface area contributed by atoms with Gasteiger partial charge in [-0.15, -0.1) is 0 Å². The van der Waals surface area contributed by atoms with E-state index in [-0.39, 0.29) is 11.0 Å². The van der Waals surface area contributed by atoms with Crippen molar-refractivity contribution in [3.05, 3.63) is 50.3 Å². The third-order valence-electron chi connectivity index (χ3n) is 2.58. The molecule has 0 spiro atoms. The van der Waals surface area contributed by atoms with E-state index in [1.807, 2.05) is 0 Å². The Balaban J connectivity index is 2.45. The largest absolute Gasteiger partial charge is 0.339 e. The first-order chi connectivity index (χ1) is 9.52. The molecule has 2 N–H and O–H groups in total. The minimum absolute atomic E-state index is 0.289. The molecule has 1 heterocycles. The number of hydrogen-bond donors (Lipinski definition) is 2. The normalized spacial score (nSPS) is 10.8. The molecule has 8 heteroatoms. The van der Waals surface area contributed by atoms with Gasteiger partial charge < -0.3 is 5.32 Å². The molecule has 0 saturated carbocycles. The molecule has 0 atom stereocenters. The van der Waals surface area contributed by atoms with E-state index in [0.717, 1.165) is 11.8 Å². The number of rotatable bonds is 4. The minimum Gasteiger partial charge on any atom is -0.316 e. The second-order valence-electron chi connectivity index (χ2n) is 4.05. The topological polar surface area (TPSA) is 79.8 Å². The van der Waals surface area contributed by atoms with Crippen LogP contribution in [0.3, 0.4) is 0 Å². The number of nitrogens with one attached hydrogen (secondary N) is 2. The molecule has 106 valence electrons. The molecule has 1 aromatic heterocycles. The number of aromatic nitrogens is 3. The van der Waals surface area contributed by atoms with Crippen LogP contribution >= 0.6 is 11.8 Å². The van der Waals surface area contributed by atoms with Gasteiger partial charge in [-0.05, 0) is 30.9 Å². The summed E-state index contributed by atoms with van der Waals surface area (Å²) in [4.78, 5) is 26.7. The van der Waals surface area contributed by atoms with Crippen LogP contribution in [0.4, 0.5) is 4.39 Å². The van der Waals surface area contributed by atoms with Gasteiger partial charge in [-0.25, -0.2) is 4.39 Å². The predicted octanol–water partition coefficient (Wildman–Crippen LogP) is 0.478. The fourth-order valence-electron chi connectivity index (χ4n) is 1.63. The van der Waals surface area contributed by atoms with Crippen LogP contribution in [0.15, 0.2) is 37.8 Å². The van der Waals surface area contributed by atoms with Crippen LogP contribution in [-0.2, 0) is 13.6 Å². The zero-order valence-corrected chi connectivity index (χ0v) is 11.8. The monoisotopic (exact) mass is 296 g/mol. The number of halogens is 1. The maximum atomic E-state index is 13.8. The Labute approximate surface area is 118 Å². The van der Waals surface area contributed by atoms with E-state index >= 15 is 0 Å². The molecule has 1 aromatic carbocycles. The molecule has 6 nitrogen and oxygen atoms in total. The number of aromatic amines is 1. The molecule has 0 fully saturated rings. The molecular formula is C12H13FN4O2S. The van der Waals surface area contributed by atoms with Gasteiger partial charge in [-0.1, -0.05) is 6.07 Å². The van der Waals surface area contributed by atoms with E-state index in [2.05, 4.69) is 15.4 Å². The molecule has 2 rings (SSSR count). The molecule has 0 saturated heterocycles. The summed E-state index contributed by atoms with van der Waals surface area (Å²) in [6, 6.07) is 4.69. The van der Waals surface area contributed by atoms with E-state index in [4.69, 9.17) is 0 Å². The van der Waals surface area contributed by atoms with Crippen molar-refractivity contribution in [3.8, 4) is 0 Å². The lowest BCUT2D eigenvalue weighted by molar-refractivity contribution is 0.588. The maximum absolute atomic E-state index is 13.8. The molecule has 20 heavy (non-hydrogen) atoms. The number of aryl methyl sites for hydroxylation is 1. The van der Waals surface area contributed by atoms with Gasteiger partial charge >= 0.3 is 11.1 Å². The lowest BCUT2D eigenvalue weighted by atomic mass is 10.2. The van der Waals surface area contributed by atoms with Crippen LogP contribution in [0.25, 0.3) is 0 Å². The van der Waals surface area contributed by atoms with Gasteiger partial charge in [-0.3, -0.25) is 19.4 Å². The van der Waals surface area contributed by atoms with Crippen LogP contribution in [0.2, 0.25) is 0 Å². The van der Waals surface area contributed by atoms with Crippen LogP contribution in [0.5, 0.6) is 0 Å². The Kier molecular flexibility index (Phi) is 4.35. The highest BCUT2D eigenvalue weighted by Crippen LogP contribution is 2.29. The number of H-pyrrole nitrogens is 1. The maximum Gasteiger partial charge on any atom is 0.339 e. The number of nitrogens with zero attached hydrogens (tertiary/aromatic N) is 2. The van der Waals surface area contributed by atoms with Crippen molar-refractivity contribution >= 4 is 11.8 Å². The van der Waals surface area contributed by atoms with Crippen LogP contribution in [0.1, 0.15) is 5.56 Å². The first-order valence-electron chi connectivity index (χ1n) is 5.80. The summed E-state index contributed by atoms with van der Waals surface area (Å²) in [7, 11) is 3.28. The third kappa shape index (κ3) is 2.97. The second kappa shape index (κ2) is 6.02. The van der Waals surface area contributed by atoms with Crippen LogP contribution in [-0.4, -0.2) is 21.8 Å². The summed E-state index contributed by atoms with van der Waals surface area (Å²) in [5, 5.41) is 5.52. The first-order valence-corrected chi connectivity index (χ1v) is 6.61. The van der Waals surface area contributed by atoms with Gasteiger partial charge in [0, 0.05) is 24.1 Å². The van der Waals surface area contributed by atoms with Crippen LogP contribution < -0.4 is 16.4 Å². The zero-order valence-electron chi connectivity index (χ0n) is 10.9. The molecule has 0 radical (unpaired) electrons. The second-order valence-corrected chi connectivity index (χ2v) is 5.06. The van der Waals surface area contributed by atoms with Crippen molar-refractivity contribution in [1.82, 2.24) is 20.1 Å². The summed E-state index contributed by atoms with van der Waals surface area (Å²) in [5.74, 6) is -0.334. The van der Waals surface area contributed by atoms with Gasteiger partial charge in [-0.2, -0.15) is 4.98 Å². The van der Waals surface area contributed by atoms with Gasteiger partial charge in [0.05, 0.1) is 0 Å². The van der Waals surface area contributed by atoms with Crippen molar-refractivity contribution in [1.29, 1.82) is 0 Å². The van der Waals surface area contributed by atoms with Gasteiger partial charge in [0.25, 0.3) is 0 Å². The van der Waals surface area contributed by atoms with E-state index in [0.29, 0.717) is 17.0 Å². The van der Waals surface area contributed by atoms with Gasteiger partial charge in [0.15, 0.2) is 5.16 Å². The Morgan fingerprint density at radius 3 is 2.90 bits per heavy atom. The average Bonchev–Trinajstić information content (AvgIpc) is 2.40. The Morgan fingerprint density at radius 2 is 2.20 bits per heavy atom. The highest BCUT2D eigenvalue weighted by molar-refractivity contribution is 7.99. The fourth-order valence-corrected chi connectivity index (χ4v) is 2.58. The third-order valence-corrected chi connectivity index (χ3v) is 3.73. The van der Waals surface area contributed by atoms with E-state index in [1.165, 1.54) is 10.7 Å². The van der Waals surface area contributed by atoms with Crippen molar-refractivity contribution in [2.24, 2.45) is 7.05 Å². The molecule has 0 amide bonds. The van der Waals surface area contributed by atoms with Crippen molar-refractivity contribution in [2.45, 2.75) is 16.6 Å². The highest BCUT2D eigenvalue weighted by Gasteiger charge is 2.12. The smallest absolute Gasteiger partial charge is 0.316 e. The minimum atomic E-state index is -0.864. The molecule has 2 aromatic rings. The SMILES string of the molecule is CNCc1c(F)cccc1Sc1nc(=O)c(=O)[nH]n1C. The Hall–Kier alpha value is -1.93. The number of benzene rings is 1. The van der Waals surface area contributed by atoms with E-state index < -0.39 is 11.1 Å². The Bertz CT molecular complexity index is 741. The molecule has 0 unspecified atom stereocenters. The van der Waals surface area contributed by atoms with Gasteiger partial charge in [0.1, 0.15) is 5.82 Å². The van der Waals surface area contributed by atoms with Gasteiger partial charge in [0.2, 0.25) is 0 Å². The van der Waals surface area contributed by atoms with Crippen molar-refractivity contribution in [3.63, 3.8) is 0 Å². The van der Waals surface area contributed by atoms with Crippen molar-refractivity contribution < 1.29 is 4.39 Å². The van der Waals surface area contributed by atoms with E-state index in [9.17, 15) is 14.0 Å². The summed E-state index contributed by atoms with van der Waals surface area (Å²) in [6.07, 6.45) is 0. The first kappa shape index (κ1) is 14.5. The standard InChI is InChI=1S/C12H13FN4O2S/c1-14-6-7-8(13)4-3-5-9(7)20-12-15-10(18)11(19)16-17(12)2/h3-5,14H,6H2,1-2H3,(H,16,19). The summed E-state index contributed by atoms with van der Waals surface area (Å²) >= 11 is 1.12. The van der Waals surface area contributed by atoms with Crippen molar-refractivity contribution in [2.75, 3.05) is 7.05 Å². The molecule has 0 aliphatic carbocycles. The average molecular weight is 296 g/mol. The quantitative estimate of drug-likeness (QED) is 0.802. The van der Waals surface area contributed by atoms with Crippen LogP contribution in [0, 0.1) is 5.82 Å². The number of hydrogen-bond acceptors (Lipinski definition) is 5. The van der Waals surface area contributed by atoms with E-state index in [1.54, 1.807) is 26.2 Å². The lowest BCUT2D eigenvalue weighted by Crippen LogP contribution is -2.33. The molecule has 0 aliphatic heterocycles. The predicted molar refractivity (Wildman–Crippen MR) is 73.4 cm³/mol. The summed E-state index contributed by atoms with van der Waals surface area (Å²) in [5.41, 5.74) is -1.16. The molecular weight excluding hydrogens is 283 g/mol. The molecule has 0 aliphatic rings.